The van der Waals surface area contributed by atoms with Gasteiger partial charge in [-0.15, -0.1) is 0 Å². The van der Waals surface area contributed by atoms with Crippen LogP contribution in [0.3, 0.4) is 0 Å². The second kappa shape index (κ2) is 4.40. The molecule has 0 heterocycles. The van der Waals surface area contributed by atoms with Crippen molar-refractivity contribution in [1.29, 1.82) is 0 Å². The summed E-state index contributed by atoms with van der Waals surface area (Å²) in [6.45, 7) is 1.69. The summed E-state index contributed by atoms with van der Waals surface area (Å²) in [4.78, 5) is 13.3. The summed E-state index contributed by atoms with van der Waals surface area (Å²) < 4.78 is 39.2. The first-order valence-corrected chi connectivity index (χ1v) is 6.39. The highest BCUT2D eigenvalue weighted by atomic mass is 19.4. The van der Waals surface area contributed by atoms with Crippen molar-refractivity contribution in [3.05, 3.63) is 0 Å². The molecule has 0 aromatic heterocycles. The van der Waals surface area contributed by atoms with Gasteiger partial charge in [-0.3, -0.25) is 4.79 Å². The maximum Gasteiger partial charge on any atom is 0.408 e. The van der Waals surface area contributed by atoms with Crippen molar-refractivity contribution < 1.29 is 18.0 Å². The average molecular weight is 264 g/mol. The van der Waals surface area contributed by atoms with E-state index in [1.165, 1.54) is 0 Å². The number of carbonyl (C=O) groups excluding carboxylic acids is 1. The fourth-order valence-electron chi connectivity index (χ4n) is 2.25. The van der Waals surface area contributed by atoms with Gasteiger partial charge in [0.25, 0.3) is 0 Å². The summed E-state index contributed by atoms with van der Waals surface area (Å²) >= 11 is 0. The minimum atomic E-state index is -4.39. The molecule has 104 valence electrons. The Morgan fingerprint density at radius 3 is 2.33 bits per heavy atom. The number of nitrogens with two attached hydrogens (primary N) is 1. The van der Waals surface area contributed by atoms with Gasteiger partial charge in [-0.05, 0) is 38.6 Å². The number of hydrogen-bond acceptors (Lipinski definition) is 2. The molecule has 18 heavy (non-hydrogen) atoms. The minimum absolute atomic E-state index is 0.0581. The van der Waals surface area contributed by atoms with E-state index in [9.17, 15) is 18.0 Å². The van der Waals surface area contributed by atoms with Crippen molar-refractivity contribution in [3.8, 4) is 0 Å². The van der Waals surface area contributed by atoms with Gasteiger partial charge in [-0.1, -0.05) is 6.92 Å². The topological polar surface area (TPSA) is 46.3 Å². The molecule has 2 aliphatic rings. The second-order valence-electron chi connectivity index (χ2n) is 5.64. The van der Waals surface area contributed by atoms with Crippen molar-refractivity contribution >= 4 is 5.91 Å². The summed E-state index contributed by atoms with van der Waals surface area (Å²) in [7, 11) is 0. The molecule has 0 aromatic rings. The van der Waals surface area contributed by atoms with E-state index in [4.69, 9.17) is 5.73 Å². The fourth-order valence-corrected chi connectivity index (χ4v) is 2.25. The molecule has 0 aliphatic heterocycles. The van der Waals surface area contributed by atoms with Gasteiger partial charge >= 0.3 is 6.18 Å². The monoisotopic (exact) mass is 264 g/mol. The molecule has 0 radical (unpaired) electrons. The number of halogens is 3. The third-order valence-electron chi connectivity index (χ3n) is 3.84. The molecular weight excluding hydrogens is 245 g/mol. The number of alkyl halides is 3. The van der Waals surface area contributed by atoms with Gasteiger partial charge in [-0.2, -0.15) is 13.2 Å². The molecule has 0 bridgehead atoms. The molecule has 1 atom stereocenters. The van der Waals surface area contributed by atoms with Crippen LogP contribution in [0.15, 0.2) is 0 Å². The van der Waals surface area contributed by atoms with Gasteiger partial charge in [0.1, 0.15) is 6.04 Å². The molecule has 2 rings (SSSR count). The molecule has 2 fully saturated rings. The summed E-state index contributed by atoms with van der Waals surface area (Å²) in [6, 6.07) is -1.94. The fraction of sp³-hybridized carbons (Fsp3) is 0.917. The highest BCUT2D eigenvalue weighted by molar-refractivity contribution is 5.85. The molecule has 2 N–H and O–H groups in total. The van der Waals surface area contributed by atoms with Crippen LogP contribution in [0.2, 0.25) is 0 Å². The van der Waals surface area contributed by atoms with Crippen LogP contribution in [-0.2, 0) is 4.79 Å². The van der Waals surface area contributed by atoms with E-state index in [0.29, 0.717) is 25.7 Å². The summed E-state index contributed by atoms with van der Waals surface area (Å²) in [5.41, 5.74) is 4.72. The molecule has 6 heteroatoms. The first-order valence-electron chi connectivity index (χ1n) is 6.39. The number of hydrogen-bond donors (Lipinski definition) is 1. The summed E-state index contributed by atoms with van der Waals surface area (Å²) in [5, 5.41) is 0. The molecule has 3 nitrogen and oxygen atoms in total. The number of amides is 1. The number of nitrogens with zero attached hydrogens (tertiary/aromatic N) is 1. The van der Waals surface area contributed by atoms with E-state index in [0.717, 1.165) is 4.90 Å². The van der Waals surface area contributed by atoms with Gasteiger partial charge in [0, 0.05) is 11.5 Å². The Morgan fingerprint density at radius 1 is 1.44 bits per heavy atom. The minimum Gasteiger partial charge on any atom is -0.330 e. The predicted octanol–water partition coefficient (Wildman–Crippen LogP) is 2.06. The molecule has 0 spiro atoms. The van der Waals surface area contributed by atoms with Crippen molar-refractivity contribution in [2.45, 2.75) is 57.3 Å². The van der Waals surface area contributed by atoms with Crippen LogP contribution in [0, 0.1) is 5.41 Å². The van der Waals surface area contributed by atoms with Gasteiger partial charge in [-0.25, -0.2) is 0 Å². The Labute approximate surface area is 104 Å². The Balaban J connectivity index is 2.19. The van der Waals surface area contributed by atoms with E-state index in [-0.39, 0.29) is 24.9 Å². The maximum absolute atomic E-state index is 13.1. The van der Waals surface area contributed by atoms with E-state index >= 15 is 0 Å². The summed E-state index contributed by atoms with van der Waals surface area (Å²) in [6.07, 6.45) is -1.84. The van der Waals surface area contributed by atoms with Crippen LogP contribution in [0.4, 0.5) is 13.2 Å². The van der Waals surface area contributed by atoms with Gasteiger partial charge in [0.15, 0.2) is 0 Å². The van der Waals surface area contributed by atoms with Crippen LogP contribution < -0.4 is 5.73 Å². The molecule has 1 amide bonds. The van der Waals surface area contributed by atoms with E-state index in [2.05, 4.69) is 0 Å². The van der Waals surface area contributed by atoms with Gasteiger partial charge < -0.3 is 10.6 Å². The zero-order valence-electron chi connectivity index (χ0n) is 10.5. The van der Waals surface area contributed by atoms with Crippen molar-refractivity contribution in [1.82, 2.24) is 4.90 Å². The maximum atomic E-state index is 13.1. The Kier molecular flexibility index (Phi) is 3.34. The van der Waals surface area contributed by atoms with Crippen molar-refractivity contribution in [2.24, 2.45) is 11.1 Å². The zero-order valence-corrected chi connectivity index (χ0v) is 10.5. The van der Waals surface area contributed by atoms with Crippen LogP contribution >= 0.6 is 0 Å². The van der Waals surface area contributed by atoms with E-state index < -0.39 is 17.6 Å². The Hall–Kier alpha value is -0.780. The first-order chi connectivity index (χ1) is 8.29. The third kappa shape index (κ3) is 2.63. The first kappa shape index (κ1) is 13.6. The lowest BCUT2D eigenvalue weighted by Gasteiger charge is -2.35. The standard InChI is InChI=1S/C12H19F3N2O/c1-11(5-6-11)10(18)17(8-2-3-8)9(4-7-16)12(13,14)15/h8-9H,2-7,16H2,1H3. The molecule has 1 unspecified atom stereocenters. The number of carbonyl (C=O) groups is 1. The lowest BCUT2D eigenvalue weighted by atomic mass is 10.0. The molecule has 2 saturated carbocycles. The average Bonchev–Trinajstić information content (AvgIpc) is 3.12. The van der Waals surface area contributed by atoms with Crippen molar-refractivity contribution in [3.63, 3.8) is 0 Å². The van der Waals surface area contributed by atoms with Crippen LogP contribution in [0.5, 0.6) is 0 Å². The van der Waals surface area contributed by atoms with Crippen LogP contribution in [0.1, 0.15) is 39.0 Å². The van der Waals surface area contributed by atoms with Crippen LogP contribution in [-0.4, -0.2) is 35.6 Å². The van der Waals surface area contributed by atoms with E-state index in [1.54, 1.807) is 6.92 Å². The normalized spacial score (nSPS) is 23.6. The van der Waals surface area contributed by atoms with Gasteiger partial charge in [0.05, 0.1) is 0 Å². The molecule has 0 saturated heterocycles. The predicted molar refractivity (Wildman–Crippen MR) is 60.7 cm³/mol. The summed E-state index contributed by atoms with van der Waals surface area (Å²) in [5.74, 6) is -0.333. The smallest absolute Gasteiger partial charge is 0.330 e. The lowest BCUT2D eigenvalue weighted by molar-refractivity contribution is -0.194. The second-order valence-corrected chi connectivity index (χ2v) is 5.64. The largest absolute Gasteiger partial charge is 0.408 e. The zero-order chi connectivity index (χ0) is 13.6. The van der Waals surface area contributed by atoms with E-state index in [1.807, 2.05) is 0 Å². The highest BCUT2D eigenvalue weighted by Gasteiger charge is 2.56. The van der Waals surface area contributed by atoms with Gasteiger partial charge in [0.2, 0.25) is 5.91 Å². The third-order valence-corrected chi connectivity index (χ3v) is 3.84. The Bertz CT molecular complexity index is 335. The van der Waals surface area contributed by atoms with Crippen LogP contribution in [0.25, 0.3) is 0 Å². The highest BCUT2D eigenvalue weighted by Crippen LogP contribution is 2.49. The Morgan fingerprint density at radius 2 is 2.00 bits per heavy atom. The SMILES string of the molecule is CC1(C(=O)N(C2CC2)C(CCN)C(F)(F)F)CC1. The molecule has 2 aliphatic carbocycles. The molecule has 0 aromatic carbocycles. The molecular formula is C12H19F3N2O. The van der Waals surface area contributed by atoms with Crippen molar-refractivity contribution in [2.75, 3.05) is 6.54 Å². The quantitative estimate of drug-likeness (QED) is 0.826. The lowest BCUT2D eigenvalue weighted by Crippen LogP contribution is -2.52. The number of rotatable bonds is 5.